The van der Waals surface area contributed by atoms with Crippen LogP contribution in [0.5, 0.6) is 0 Å². The van der Waals surface area contributed by atoms with Crippen molar-refractivity contribution in [2.24, 2.45) is 0 Å². The molecule has 3 N–H and O–H groups in total. The number of nitrogen functional groups attached to an aromatic ring is 1. The van der Waals surface area contributed by atoms with E-state index in [-0.39, 0.29) is 34.4 Å². The van der Waals surface area contributed by atoms with Crippen LogP contribution in [0.1, 0.15) is 18.9 Å². The number of H-pyrrole nitrogens is 1. The first kappa shape index (κ1) is 17.4. The number of benzene rings is 1. The summed E-state index contributed by atoms with van der Waals surface area (Å²) in [5.41, 5.74) is 6.56. The Hall–Kier alpha value is -2.39. The number of fused-ring (bicyclic) bond motifs is 1. The van der Waals surface area contributed by atoms with Gasteiger partial charge in [-0.2, -0.15) is 9.97 Å². The Labute approximate surface area is 148 Å². The molecule has 0 bridgehead atoms. The van der Waals surface area contributed by atoms with Crippen LogP contribution in [0.4, 0.5) is 5.82 Å². The minimum atomic E-state index is -3.66. The molecular weight excluding hydrogens is 366 g/mol. The Morgan fingerprint density at radius 2 is 1.92 bits per heavy atom. The van der Waals surface area contributed by atoms with Gasteiger partial charge in [0.15, 0.2) is 11.5 Å². The maximum Gasteiger partial charge on any atom is 0.328 e. The van der Waals surface area contributed by atoms with Crippen LogP contribution in [0, 0.1) is 0 Å². The number of nitrogens with one attached hydrogen (secondary N) is 1. The molecule has 8 nitrogen and oxygen atoms in total. The lowest BCUT2D eigenvalue weighted by atomic mass is 10.2. The number of hydrogen-bond acceptors (Lipinski definition) is 6. The molecule has 1 aromatic carbocycles. The van der Waals surface area contributed by atoms with Crippen LogP contribution < -0.4 is 11.4 Å². The van der Waals surface area contributed by atoms with Gasteiger partial charge in [-0.1, -0.05) is 30.7 Å². The summed E-state index contributed by atoms with van der Waals surface area (Å²) in [6, 6.07) is 6.95. The highest BCUT2D eigenvalue weighted by molar-refractivity contribution is 7.91. The molecule has 10 heteroatoms. The summed E-state index contributed by atoms with van der Waals surface area (Å²) >= 11 is 5.86. The highest BCUT2D eigenvalue weighted by Gasteiger charge is 2.22. The largest absolute Gasteiger partial charge is 0.382 e. The molecule has 0 fully saturated rings. The zero-order valence-electron chi connectivity index (χ0n) is 13.4. The minimum absolute atomic E-state index is 0.0772. The normalized spacial score (nSPS) is 11.9. The first-order valence-corrected chi connectivity index (χ1v) is 9.58. The van der Waals surface area contributed by atoms with E-state index < -0.39 is 15.5 Å². The molecule has 2 aromatic heterocycles. The molecule has 3 aromatic rings. The molecule has 0 aliphatic rings. The second-order valence-electron chi connectivity index (χ2n) is 5.55. The standard InChI is InChI=1S/C15H16ClN5O3S/c1-2-7-25(23,24)14-19-12(17)11-13(20-14)21(15(22)18-11)8-9-3-5-10(16)6-4-9/h3-6H,2,7-8H2,1H3,(H,18,22)(H2,17,19,20). The molecule has 0 atom stereocenters. The lowest BCUT2D eigenvalue weighted by molar-refractivity contribution is 0.586. The fraction of sp³-hybridized carbons (Fsp3) is 0.267. The van der Waals surface area contributed by atoms with Crippen LogP contribution in [0.2, 0.25) is 5.02 Å². The Kier molecular flexibility index (Phi) is 4.53. The third-order valence-electron chi connectivity index (χ3n) is 3.64. The Morgan fingerprint density at radius 1 is 1.24 bits per heavy atom. The molecule has 0 saturated heterocycles. The first-order chi connectivity index (χ1) is 11.8. The predicted octanol–water partition coefficient (Wildman–Crippen LogP) is 1.59. The van der Waals surface area contributed by atoms with Gasteiger partial charge in [-0.25, -0.2) is 13.2 Å². The molecule has 0 unspecified atom stereocenters. The van der Waals surface area contributed by atoms with Gasteiger partial charge in [-0.15, -0.1) is 0 Å². The van der Waals surface area contributed by atoms with Crippen LogP contribution in [-0.4, -0.2) is 33.7 Å². The Morgan fingerprint density at radius 3 is 2.56 bits per heavy atom. The molecule has 25 heavy (non-hydrogen) atoms. The number of rotatable bonds is 5. The van der Waals surface area contributed by atoms with Gasteiger partial charge in [0.05, 0.1) is 12.3 Å². The van der Waals surface area contributed by atoms with E-state index in [0.29, 0.717) is 11.4 Å². The van der Waals surface area contributed by atoms with E-state index in [1.807, 2.05) is 0 Å². The van der Waals surface area contributed by atoms with E-state index in [1.165, 1.54) is 4.57 Å². The van der Waals surface area contributed by atoms with E-state index in [9.17, 15) is 13.2 Å². The number of imidazole rings is 1. The van der Waals surface area contributed by atoms with Gasteiger partial charge in [-0.3, -0.25) is 4.57 Å². The van der Waals surface area contributed by atoms with Crippen molar-refractivity contribution in [1.82, 2.24) is 19.5 Å². The van der Waals surface area contributed by atoms with Crippen LogP contribution >= 0.6 is 11.6 Å². The van der Waals surface area contributed by atoms with Crippen molar-refractivity contribution >= 4 is 38.4 Å². The lowest BCUT2D eigenvalue weighted by Gasteiger charge is -2.06. The number of halogens is 1. The van der Waals surface area contributed by atoms with Gasteiger partial charge in [0.1, 0.15) is 5.52 Å². The number of nitrogens with two attached hydrogens (primary N) is 1. The molecule has 0 spiro atoms. The van der Waals surface area contributed by atoms with Gasteiger partial charge in [0, 0.05) is 5.02 Å². The Balaban J connectivity index is 2.15. The third-order valence-corrected chi connectivity index (χ3v) is 5.57. The summed E-state index contributed by atoms with van der Waals surface area (Å²) in [5.74, 6) is -0.171. The second kappa shape index (κ2) is 6.49. The quantitative estimate of drug-likeness (QED) is 0.646. The second-order valence-corrected chi connectivity index (χ2v) is 7.99. The summed E-state index contributed by atoms with van der Waals surface area (Å²) < 4.78 is 25.8. The van der Waals surface area contributed by atoms with Crippen LogP contribution in [0.25, 0.3) is 11.2 Å². The van der Waals surface area contributed by atoms with E-state index in [1.54, 1.807) is 31.2 Å². The maximum atomic E-state index is 12.3. The third kappa shape index (κ3) is 3.38. The molecule has 132 valence electrons. The fourth-order valence-corrected chi connectivity index (χ4v) is 3.76. The van der Waals surface area contributed by atoms with Gasteiger partial charge >= 0.3 is 5.69 Å². The SMILES string of the molecule is CCCS(=O)(=O)c1nc(N)c2[nH]c(=O)n(Cc3ccc(Cl)cc3)c2n1. The smallest absolute Gasteiger partial charge is 0.328 e. The Bertz CT molecular complexity index is 1090. The summed E-state index contributed by atoms with van der Waals surface area (Å²) in [4.78, 5) is 22.8. The van der Waals surface area contributed by atoms with E-state index in [0.717, 1.165) is 5.56 Å². The highest BCUT2D eigenvalue weighted by atomic mass is 35.5. The number of hydrogen-bond donors (Lipinski definition) is 2. The van der Waals surface area contributed by atoms with Crippen LogP contribution in [-0.2, 0) is 16.4 Å². The van der Waals surface area contributed by atoms with Crippen molar-refractivity contribution in [2.75, 3.05) is 11.5 Å². The number of nitrogens with zero attached hydrogens (tertiary/aromatic N) is 3. The number of sulfone groups is 1. The minimum Gasteiger partial charge on any atom is -0.382 e. The molecule has 0 saturated carbocycles. The van der Waals surface area contributed by atoms with Gasteiger partial charge in [0.25, 0.3) is 5.16 Å². The molecule has 0 aliphatic carbocycles. The summed E-state index contributed by atoms with van der Waals surface area (Å²) in [5, 5.41) is 0.206. The van der Waals surface area contributed by atoms with Crippen LogP contribution in [0.3, 0.4) is 0 Å². The highest BCUT2D eigenvalue weighted by Crippen LogP contribution is 2.19. The molecule has 0 radical (unpaired) electrons. The summed E-state index contributed by atoms with van der Waals surface area (Å²) in [6.45, 7) is 1.94. The zero-order chi connectivity index (χ0) is 18.2. The number of aromatic amines is 1. The zero-order valence-corrected chi connectivity index (χ0v) is 14.9. The van der Waals surface area contributed by atoms with Crippen molar-refractivity contribution in [1.29, 1.82) is 0 Å². The van der Waals surface area contributed by atoms with E-state index >= 15 is 0 Å². The fourth-order valence-electron chi connectivity index (χ4n) is 2.45. The molecular formula is C15H16ClN5O3S. The topological polar surface area (TPSA) is 124 Å². The predicted molar refractivity (Wildman–Crippen MR) is 95.5 cm³/mol. The molecule has 3 rings (SSSR count). The van der Waals surface area contributed by atoms with Gasteiger partial charge in [-0.05, 0) is 24.1 Å². The van der Waals surface area contributed by atoms with E-state index in [4.69, 9.17) is 17.3 Å². The van der Waals surface area contributed by atoms with Gasteiger partial charge < -0.3 is 10.7 Å². The summed E-state index contributed by atoms with van der Waals surface area (Å²) in [6.07, 6.45) is 0.425. The molecule has 2 heterocycles. The van der Waals surface area contributed by atoms with Crippen molar-refractivity contribution in [2.45, 2.75) is 25.0 Å². The lowest BCUT2D eigenvalue weighted by Crippen LogP contribution is -2.18. The van der Waals surface area contributed by atoms with Crippen molar-refractivity contribution in [3.8, 4) is 0 Å². The van der Waals surface area contributed by atoms with Crippen molar-refractivity contribution < 1.29 is 8.42 Å². The average molecular weight is 382 g/mol. The van der Waals surface area contributed by atoms with E-state index in [2.05, 4.69) is 15.0 Å². The van der Waals surface area contributed by atoms with Gasteiger partial charge in [0.2, 0.25) is 9.84 Å². The van der Waals surface area contributed by atoms with Crippen molar-refractivity contribution in [3.63, 3.8) is 0 Å². The number of aromatic nitrogens is 4. The van der Waals surface area contributed by atoms with Crippen molar-refractivity contribution in [3.05, 3.63) is 45.3 Å². The number of anilines is 1. The monoisotopic (exact) mass is 381 g/mol. The molecule has 0 amide bonds. The van der Waals surface area contributed by atoms with Crippen LogP contribution in [0.15, 0.2) is 34.2 Å². The molecule has 0 aliphatic heterocycles. The maximum absolute atomic E-state index is 12.3. The average Bonchev–Trinajstić information content (AvgIpc) is 2.86. The first-order valence-electron chi connectivity index (χ1n) is 7.55. The summed E-state index contributed by atoms with van der Waals surface area (Å²) in [7, 11) is -3.66.